The molecule has 0 saturated carbocycles. The molecule has 0 aliphatic heterocycles. The largest absolute Gasteiger partial charge is 0.478 e. The van der Waals surface area contributed by atoms with Gasteiger partial charge in [-0.15, -0.1) is 0 Å². The standard InChI is InChI=1S/C22H19NO4/c1-14-3-4-15(2)23(14)18-10-11-19(20(13-18)22(26)27)17-8-5-16(6-9-17)7-12-21(24)25/h3-13H,1-2H3,(H,24,25)(H,26,27)/b12-7+. The van der Waals surface area contributed by atoms with Crippen molar-refractivity contribution in [1.82, 2.24) is 4.57 Å². The average molecular weight is 361 g/mol. The molecule has 2 N–H and O–H groups in total. The normalized spacial score (nSPS) is 11.0. The summed E-state index contributed by atoms with van der Waals surface area (Å²) in [6.45, 7) is 3.95. The molecule has 0 fully saturated rings. The number of aryl methyl sites for hydroxylation is 2. The second-order valence-electron chi connectivity index (χ2n) is 6.28. The van der Waals surface area contributed by atoms with Crippen LogP contribution in [0.25, 0.3) is 22.9 Å². The molecule has 2 aromatic carbocycles. The zero-order valence-corrected chi connectivity index (χ0v) is 15.0. The SMILES string of the molecule is Cc1ccc(C)n1-c1ccc(-c2ccc(/C=C/C(=O)O)cc2)c(C(=O)O)c1. The second-order valence-corrected chi connectivity index (χ2v) is 6.28. The fraction of sp³-hybridized carbons (Fsp3) is 0.0909. The third-order valence-electron chi connectivity index (χ3n) is 4.40. The summed E-state index contributed by atoms with van der Waals surface area (Å²) in [6, 6.07) is 16.5. The van der Waals surface area contributed by atoms with Crippen LogP contribution in [0.15, 0.2) is 60.7 Å². The van der Waals surface area contributed by atoms with Gasteiger partial charge in [-0.25, -0.2) is 9.59 Å². The Morgan fingerprint density at radius 3 is 2.07 bits per heavy atom. The first-order valence-electron chi connectivity index (χ1n) is 8.41. The first kappa shape index (κ1) is 18.2. The highest BCUT2D eigenvalue weighted by atomic mass is 16.4. The van der Waals surface area contributed by atoms with Gasteiger partial charge in [-0.1, -0.05) is 30.3 Å². The molecule has 0 unspecified atom stereocenters. The molecule has 1 aromatic heterocycles. The number of carboxylic acid groups (broad SMARTS) is 2. The van der Waals surface area contributed by atoms with Gasteiger partial charge in [0.15, 0.2) is 0 Å². The minimum Gasteiger partial charge on any atom is -0.478 e. The smallest absolute Gasteiger partial charge is 0.336 e. The summed E-state index contributed by atoms with van der Waals surface area (Å²) in [6.07, 6.45) is 2.55. The number of hydrogen-bond donors (Lipinski definition) is 2. The third kappa shape index (κ3) is 3.82. The van der Waals surface area contributed by atoms with Gasteiger partial charge in [0.05, 0.1) is 5.56 Å². The molecule has 27 heavy (non-hydrogen) atoms. The fourth-order valence-electron chi connectivity index (χ4n) is 3.12. The average Bonchev–Trinajstić information content (AvgIpc) is 2.98. The Balaban J connectivity index is 2.03. The number of nitrogens with zero attached hydrogens (tertiary/aromatic N) is 1. The number of benzene rings is 2. The van der Waals surface area contributed by atoms with Crippen molar-refractivity contribution in [2.24, 2.45) is 0 Å². The summed E-state index contributed by atoms with van der Waals surface area (Å²) in [5.41, 5.74) is 5.19. The molecular formula is C22H19NO4. The van der Waals surface area contributed by atoms with Crippen LogP contribution in [0.3, 0.4) is 0 Å². The van der Waals surface area contributed by atoms with Gasteiger partial charge in [0, 0.05) is 23.2 Å². The molecular weight excluding hydrogens is 342 g/mol. The Morgan fingerprint density at radius 2 is 1.52 bits per heavy atom. The number of aromatic carboxylic acids is 1. The van der Waals surface area contributed by atoms with Gasteiger partial charge < -0.3 is 14.8 Å². The van der Waals surface area contributed by atoms with Crippen LogP contribution in [-0.2, 0) is 4.79 Å². The van der Waals surface area contributed by atoms with Gasteiger partial charge >= 0.3 is 11.9 Å². The molecule has 3 rings (SSSR count). The number of rotatable bonds is 5. The van der Waals surface area contributed by atoms with E-state index in [1.54, 1.807) is 36.4 Å². The van der Waals surface area contributed by atoms with Crippen LogP contribution in [0.1, 0.15) is 27.3 Å². The van der Waals surface area contributed by atoms with E-state index < -0.39 is 11.9 Å². The third-order valence-corrected chi connectivity index (χ3v) is 4.40. The van der Waals surface area contributed by atoms with E-state index in [1.165, 1.54) is 6.08 Å². The molecule has 5 nitrogen and oxygen atoms in total. The Hall–Kier alpha value is -3.60. The van der Waals surface area contributed by atoms with Crippen molar-refractivity contribution in [2.45, 2.75) is 13.8 Å². The van der Waals surface area contributed by atoms with Crippen LogP contribution >= 0.6 is 0 Å². The first-order valence-corrected chi connectivity index (χ1v) is 8.41. The summed E-state index contributed by atoms with van der Waals surface area (Å²) in [4.78, 5) is 22.4. The molecule has 3 aromatic rings. The minimum atomic E-state index is -1.02. The van der Waals surface area contributed by atoms with Crippen molar-refractivity contribution in [3.05, 3.63) is 83.2 Å². The minimum absolute atomic E-state index is 0.217. The lowest BCUT2D eigenvalue weighted by Gasteiger charge is -2.13. The Labute approximate surface area is 156 Å². The van der Waals surface area contributed by atoms with Crippen molar-refractivity contribution in [3.63, 3.8) is 0 Å². The molecule has 0 radical (unpaired) electrons. The molecule has 0 amide bonds. The fourth-order valence-corrected chi connectivity index (χ4v) is 3.12. The van der Waals surface area contributed by atoms with Gasteiger partial charge in [0.25, 0.3) is 0 Å². The molecule has 0 saturated heterocycles. The summed E-state index contributed by atoms with van der Waals surface area (Å²) >= 11 is 0. The zero-order valence-electron chi connectivity index (χ0n) is 15.0. The predicted octanol–water partition coefficient (Wildman–Crippen LogP) is 4.56. The molecule has 0 spiro atoms. The number of carboxylic acids is 2. The molecule has 1 heterocycles. The molecule has 0 aliphatic rings. The van der Waals surface area contributed by atoms with E-state index in [2.05, 4.69) is 0 Å². The van der Waals surface area contributed by atoms with Crippen LogP contribution in [0.4, 0.5) is 0 Å². The van der Waals surface area contributed by atoms with E-state index in [4.69, 9.17) is 5.11 Å². The van der Waals surface area contributed by atoms with Gasteiger partial charge in [0.2, 0.25) is 0 Å². The number of aromatic nitrogens is 1. The van der Waals surface area contributed by atoms with Crippen molar-refractivity contribution >= 4 is 18.0 Å². The van der Waals surface area contributed by atoms with Crippen LogP contribution < -0.4 is 0 Å². The van der Waals surface area contributed by atoms with Gasteiger partial charge in [0.1, 0.15) is 0 Å². The van der Waals surface area contributed by atoms with Gasteiger partial charge in [-0.2, -0.15) is 0 Å². The maximum atomic E-state index is 11.8. The second kappa shape index (κ2) is 7.33. The van der Waals surface area contributed by atoms with Crippen molar-refractivity contribution in [1.29, 1.82) is 0 Å². The quantitative estimate of drug-likeness (QED) is 0.653. The highest BCUT2D eigenvalue weighted by Gasteiger charge is 2.14. The van der Waals surface area contributed by atoms with E-state index in [1.807, 2.05) is 36.6 Å². The van der Waals surface area contributed by atoms with Gasteiger partial charge in [-0.3, -0.25) is 0 Å². The van der Waals surface area contributed by atoms with E-state index in [9.17, 15) is 14.7 Å². The number of carbonyl (C=O) groups is 2. The van der Waals surface area contributed by atoms with Crippen molar-refractivity contribution < 1.29 is 19.8 Å². The predicted molar refractivity (Wildman–Crippen MR) is 104 cm³/mol. The topological polar surface area (TPSA) is 79.5 Å². The Kier molecular flexibility index (Phi) is 4.94. The van der Waals surface area contributed by atoms with Crippen LogP contribution in [-0.4, -0.2) is 26.7 Å². The lowest BCUT2D eigenvalue weighted by molar-refractivity contribution is -0.131. The molecule has 5 heteroatoms. The zero-order chi connectivity index (χ0) is 19.6. The summed E-state index contributed by atoms with van der Waals surface area (Å²) < 4.78 is 2.01. The monoisotopic (exact) mass is 361 g/mol. The van der Waals surface area contributed by atoms with E-state index in [0.717, 1.165) is 34.3 Å². The maximum Gasteiger partial charge on any atom is 0.336 e. The van der Waals surface area contributed by atoms with Crippen molar-refractivity contribution in [2.75, 3.05) is 0 Å². The molecule has 136 valence electrons. The Morgan fingerprint density at radius 1 is 0.889 bits per heavy atom. The highest BCUT2D eigenvalue weighted by molar-refractivity contribution is 5.97. The number of aliphatic carboxylic acids is 1. The summed E-state index contributed by atoms with van der Waals surface area (Å²) in [5, 5.41) is 18.4. The number of hydrogen-bond acceptors (Lipinski definition) is 2. The lowest BCUT2D eigenvalue weighted by atomic mass is 9.98. The summed E-state index contributed by atoms with van der Waals surface area (Å²) in [7, 11) is 0. The van der Waals surface area contributed by atoms with Crippen LogP contribution in [0.2, 0.25) is 0 Å². The van der Waals surface area contributed by atoms with Gasteiger partial charge in [-0.05, 0) is 60.9 Å². The van der Waals surface area contributed by atoms with Crippen molar-refractivity contribution in [3.8, 4) is 16.8 Å². The van der Waals surface area contributed by atoms with Crippen LogP contribution in [0.5, 0.6) is 0 Å². The van der Waals surface area contributed by atoms with E-state index >= 15 is 0 Å². The Bertz CT molecular complexity index is 1020. The lowest BCUT2D eigenvalue weighted by Crippen LogP contribution is -2.04. The molecule has 0 bridgehead atoms. The van der Waals surface area contributed by atoms with E-state index in [0.29, 0.717) is 5.56 Å². The highest BCUT2D eigenvalue weighted by Crippen LogP contribution is 2.28. The molecule has 0 atom stereocenters. The summed E-state index contributed by atoms with van der Waals surface area (Å²) in [5.74, 6) is -2.01. The van der Waals surface area contributed by atoms with E-state index in [-0.39, 0.29) is 5.56 Å². The molecule has 0 aliphatic carbocycles. The first-order chi connectivity index (χ1) is 12.9. The maximum absolute atomic E-state index is 11.8. The van der Waals surface area contributed by atoms with Crippen LogP contribution in [0, 0.1) is 13.8 Å².